The van der Waals surface area contributed by atoms with E-state index < -0.39 is 0 Å². The van der Waals surface area contributed by atoms with Gasteiger partial charge in [0, 0.05) is 17.5 Å². The molecule has 1 aliphatic rings. The predicted molar refractivity (Wildman–Crippen MR) is 96.7 cm³/mol. The SMILES string of the molecule is CCOc1cccc(/C=C2\C(=O)N(Cc3ccco3)SC2=S)c1O. The first-order valence-electron chi connectivity index (χ1n) is 7.33. The second-order valence-corrected chi connectivity index (χ2v) is 6.68. The van der Waals surface area contributed by atoms with Crippen molar-refractivity contribution in [2.75, 3.05) is 6.61 Å². The summed E-state index contributed by atoms with van der Waals surface area (Å²) in [5, 5.41) is 10.3. The maximum Gasteiger partial charge on any atom is 0.266 e. The number of para-hydroxylation sites is 1. The van der Waals surface area contributed by atoms with E-state index >= 15 is 0 Å². The minimum absolute atomic E-state index is 0.00284. The normalized spacial score (nSPS) is 16.2. The maximum atomic E-state index is 12.6. The van der Waals surface area contributed by atoms with Crippen LogP contribution in [0, 0.1) is 0 Å². The summed E-state index contributed by atoms with van der Waals surface area (Å²) >= 11 is 6.50. The summed E-state index contributed by atoms with van der Waals surface area (Å²) < 4.78 is 12.6. The number of aromatic hydroxyl groups is 1. The molecule has 1 aromatic heterocycles. The molecule has 1 saturated heterocycles. The van der Waals surface area contributed by atoms with E-state index in [2.05, 4.69) is 0 Å². The molecule has 5 nitrogen and oxygen atoms in total. The molecule has 1 aromatic carbocycles. The Morgan fingerprint density at radius 1 is 1.38 bits per heavy atom. The van der Waals surface area contributed by atoms with Crippen molar-refractivity contribution in [1.82, 2.24) is 4.31 Å². The molecule has 0 unspecified atom stereocenters. The maximum absolute atomic E-state index is 12.6. The Balaban J connectivity index is 1.86. The number of rotatable bonds is 5. The molecular formula is C17H15NO4S2. The molecule has 0 spiro atoms. The quantitative estimate of drug-likeness (QED) is 0.497. The molecule has 0 bridgehead atoms. The smallest absolute Gasteiger partial charge is 0.266 e. The fourth-order valence-electron chi connectivity index (χ4n) is 2.26. The first-order chi connectivity index (χ1) is 11.6. The number of phenolic OH excluding ortho intramolecular Hbond substituents is 1. The van der Waals surface area contributed by atoms with E-state index in [4.69, 9.17) is 21.4 Å². The van der Waals surface area contributed by atoms with Crippen LogP contribution in [-0.2, 0) is 11.3 Å². The highest BCUT2D eigenvalue weighted by atomic mass is 32.2. The number of amides is 1. The molecule has 3 rings (SSSR count). The highest BCUT2D eigenvalue weighted by Crippen LogP contribution is 2.36. The topological polar surface area (TPSA) is 62.9 Å². The van der Waals surface area contributed by atoms with Crippen molar-refractivity contribution in [1.29, 1.82) is 0 Å². The van der Waals surface area contributed by atoms with Crippen molar-refractivity contribution in [3.8, 4) is 11.5 Å². The predicted octanol–water partition coefficient (Wildman–Crippen LogP) is 3.79. The van der Waals surface area contributed by atoms with Gasteiger partial charge in [0.2, 0.25) is 0 Å². The third kappa shape index (κ3) is 3.32. The number of thiocarbonyl (C=S) groups is 1. The van der Waals surface area contributed by atoms with Crippen molar-refractivity contribution in [2.24, 2.45) is 0 Å². The van der Waals surface area contributed by atoms with Gasteiger partial charge in [0.05, 0.1) is 25.0 Å². The summed E-state index contributed by atoms with van der Waals surface area (Å²) in [4.78, 5) is 12.6. The fraction of sp³-hybridized carbons (Fsp3) is 0.176. The molecule has 0 atom stereocenters. The fourth-order valence-corrected chi connectivity index (χ4v) is 3.50. The Bertz CT molecular complexity index is 799. The van der Waals surface area contributed by atoms with Gasteiger partial charge in [0.25, 0.3) is 5.91 Å². The first kappa shape index (κ1) is 16.6. The molecule has 2 heterocycles. The molecule has 24 heavy (non-hydrogen) atoms. The molecule has 1 amide bonds. The molecule has 0 saturated carbocycles. The highest BCUT2D eigenvalue weighted by Gasteiger charge is 2.32. The van der Waals surface area contributed by atoms with Gasteiger partial charge in [-0.25, -0.2) is 0 Å². The van der Waals surface area contributed by atoms with Crippen molar-refractivity contribution in [2.45, 2.75) is 13.5 Å². The van der Waals surface area contributed by atoms with Gasteiger partial charge in [-0.1, -0.05) is 24.4 Å². The zero-order valence-corrected chi connectivity index (χ0v) is 14.5. The molecule has 7 heteroatoms. The van der Waals surface area contributed by atoms with E-state index in [1.165, 1.54) is 16.3 Å². The van der Waals surface area contributed by atoms with Crippen LogP contribution in [0.25, 0.3) is 6.08 Å². The van der Waals surface area contributed by atoms with E-state index in [0.29, 0.717) is 40.0 Å². The van der Waals surface area contributed by atoms with Gasteiger partial charge in [0.1, 0.15) is 9.96 Å². The van der Waals surface area contributed by atoms with E-state index in [0.717, 1.165) is 0 Å². The Kier molecular flexibility index (Phi) is 4.92. The Morgan fingerprint density at radius 3 is 2.92 bits per heavy atom. The van der Waals surface area contributed by atoms with Crippen LogP contribution in [0.2, 0.25) is 0 Å². The van der Waals surface area contributed by atoms with Gasteiger partial charge in [-0.15, -0.1) is 0 Å². The van der Waals surface area contributed by atoms with E-state index in [1.54, 1.807) is 42.7 Å². The van der Waals surface area contributed by atoms with Crippen LogP contribution in [0.3, 0.4) is 0 Å². The second-order valence-electron chi connectivity index (χ2n) is 4.98. The number of nitrogens with zero attached hydrogens (tertiary/aromatic N) is 1. The van der Waals surface area contributed by atoms with Crippen LogP contribution in [0.5, 0.6) is 11.5 Å². The third-order valence-corrected chi connectivity index (χ3v) is 4.72. The minimum Gasteiger partial charge on any atom is -0.504 e. The van der Waals surface area contributed by atoms with Crippen LogP contribution in [0.1, 0.15) is 18.2 Å². The van der Waals surface area contributed by atoms with Gasteiger partial charge in [0.15, 0.2) is 11.5 Å². The summed E-state index contributed by atoms with van der Waals surface area (Å²) in [5.41, 5.74) is 0.873. The van der Waals surface area contributed by atoms with E-state index in [9.17, 15) is 9.90 Å². The summed E-state index contributed by atoms with van der Waals surface area (Å²) in [6, 6.07) is 8.71. The Labute approximate surface area is 149 Å². The monoisotopic (exact) mass is 361 g/mol. The number of carbonyl (C=O) groups is 1. The standard InChI is InChI=1S/C17H15NO4S2/c1-2-21-14-7-3-5-11(15(14)19)9-13-16(20)18(24-17(13)23)10-12-6-4-8-22-12/h3-9,19H,2,10H2,1H3/b13-9+. The Hall–Kier alpha value is -2.25. The number of carbonyl (C=O) groups excluding carboxylic acids is 1. The molecule has 1 aliphatic heterocycles. The van der Waals surface area contributed by atoms with Crippen LogP contribution in [0.4, 0.5) is 0 Å². The molecule has 0 radical (unpaired) electrons. The van der Waals surface area contributed by atoms with E-state index in [1.807, 2.05) is 6.92 Å². The number of ether oxygens (including phenoxy) is 1. The molecule has 0 aliphatic carbocycles. The lowest BCUT2D eigenvalue weighted by Gasteiger charge is -2.10. The lowest BCUT2D eigenvalue weighted by molar-refractivity contribution is -0.121. The van der Waals surface area contributed by atoms with Crippen molar-refractivity contribution >= 4 is 40.3 Å². The second kappa shape index (κ2) is 7.11. The molecular weight excluding hydrogens is 346 g/mol. The summed E-state index contributed by atoms with van der Waals surface area (Å²) in [6.07, 6.45) is 3.16. The minimum atomic E-state index is -0.206. The molecule has 124 valence electrons. The van der Waals surface area contributed by atoms with Gasteiger partial charge < -0.3 is 14.3 Å². The number of phenols is 1. The average molecular weight is 361 g/mol. The number of furan rings is 1. The summed E-state index contributed by atoms with van der Waals surface area (Å²) in [5.74, 6) is 0.851. The van der Waals surface area contributed by atoms with Crippen LogP contribution < -0.4 is 4.74 Å². The average Bonchev–Trinajstić information content (AvgIpc) is 3.15. The summed E-state index contributed by atoms with van der Waals surface area (Å²) in [7, 11) is 0. The van der Waals surface area contributed by atoms with Crippen LogP contribution in [-0.4, -0.2) is 26.1 Å². The van der Waals surface area contributed by atoms with Crippen molar-refractivity contribution in [3.05, 3.63) is 53.5 Å². The lowest BCUT2D eigenvalue weighted by atomic mass is 10.1. The largest absolute Gasteiger partial charge is 0.504 e. The number of benzene rings is 1. The van der Waals surface area contributed by atoms with Crippen molar-refractivity contribution in [3.63, 3.8) is 0 Å². The summed E-state index contributed by atoms with van der Waals surface area (Å²) in [6.45, 7) is 2.61. The highest BCUT2D eigenvalue weighted by molar-refractivity contribution is 8.23. The first-order valence-corrected chi connectivity index (χ1v) is 8.51. The van der Waals surface area contributed by atoms with Crippen molar-refractivity contribution < 1.29 is 19.1 Å². The number of hydrogen-bond acceptors (Lipinski definition) is 6. The van der Waals surface area contributed by atoms with Crippen LogP contribution >= 0.6 is 24.2 Å². The van der Waals surface area contributed by atoms with Gasteiger partial charge >= 0.3 is 0 Å². The van der Waals surface area contributed by atoms with Gasteiger partial charge in [-0.3, -0.25) is 9.10 Å². The zero-order valence-electron chi connectivity index (χ0n) is 12.9. The van der Waals surface area contributed by atoms with Crippen LogP contribution in [0.15, 0.2) is 46.6 Å². The van der Waals surface area contributed by atoms with E-state index in [-0.39, 0.29) is 11.7 Å². The molecule has 1 N–H and O–H groups in total. The van der Waals surface area contributed by atoms with Gasteiger partial charge in [-0.2, -0.15) is 0 Å². The number of hydrogen-bond donors (Lipinski definition) is 1. The Morgan fingerprint density at radius 2 is 2.21 bits per heavy atom. The zero-order chi connectivity index (χ0) is 17.1. The van der Waals surface area contributed by atoms with Gasteiger partial charge in [-0.05, 0) is 31.2 Å². The molecule has 1 fully saturated rings. The lowest BCUT2D eigenvalue weighted by Crippen LogP contribution is -2.18. The molecule has 2 aromatic rings. The third-order valence-electron chi connectivity index (χ3n) is 3.38.